The van der Waals surface area contributed by atoms with Gasteiger partial charge in [0.1, 0.15) is 5.82 Å². The Bertz CT molecular complexity index is 1230. The molecule has 33 heavy (non-hydrogen) atoms. The van der Waals surface area contributed by atoms with E-state index in [1.54, 1.807) is 48.7 Å². The van der Waals surface area contributed by atoms with E-state index < -0.39 is 5.82 Å². The van der Waals surface area contributed by atoms with Gasteiger partial charge in [0.05, 0.1) is 17.9 Å². The molecule has 0 spiro atoms. The molecule has 3 aromatic rings. The van der Waals surface area contributed by atoms with Crippen LogP contribution in [0.2, 0.25) is 5.02 Å². The van der Waals surface area contributed by atoms with E-state index in [0.29, 0.717) is 35.8 Å². The van der Waals surface area contributed by atoms with Gasteiger partial charge in [-0.25, -0.2) is 4.39 Å². The normalized spacial score (nSPS) is 15.9. The number of amides is 2. The van der Waals surface area contributed by atoms with Crippen LogP contribution in [0.15, 0.2) is 71.7 Å². The molecular formula is C24H22ClFN4O3. The summed E-state index contributed by atoms with van der Waals surface area (Å²) in [5.74, 6) is -1.18. The molecule has 0 unspecified atom stereocenters. The fourth-order valence-corrected chi connectivity index (χ4v) is 3.88. The SMILES string of the molecule is O=C(CN1CC[C@@H](NC(=O)c2ccc(Cl)cc2)C1)Nc1ccc(-n2ccccc2=O)cc1F. The second-order valence-electron chi connectivity index (χ2n) is 7.82. The van der Waals surface area contributed by atoms with Crippen LogP contribution in [0.3, 0.4) is 0 Å². The molecule has 0 saturated carbocycles. The Balaban J connectivity index is 1.30. The van der Waals surface area contributed by atoms with E-state index in [1.807, 2.05) is 4.90 Å². The zero-order valence-electron chi connectivity index (χ0n) is 17.6. The maximum atomic E-state index is 14.5. The number of aromatic nitrogens is 1. The Hall–Kier alpha value is -3.49. The molecule has 4 rings (SSSR count). The first-order valence-corrected chi connectivity index (χ1v) is 10.8. The van der Waals surface area contributed by atoms with Crippen molar-refractivity contribution in [1.82, 2.24) is 14.8 Å². The minimum atomic E-state index is -0.633. The lowest BCUT2D eigenvalue weighted by Gasteiger charge is -2.17. The monoisotopic (exact) mass is 468 g/mol. The summed E-state index contributed by atoms with van der Waals surface area (Å²) < 4.78 is 15.9. The van der Waals surface area contributed by atoms with Gasteiger partial charge >= 0.3 is 0 Å². The molecule has 0 radical (unpaired) electrons. The fourth-order valence-electron chi connectivity index (χ4n) is 3.75. The van der Waals surface area contributed by atoms with E-state index in [0.717, 1.165) is 0 Å². The van der Waals surface area contributed by atoms with Crippen LogP contribution in [0.25, 0.3) is 5.69 Å². The summed E-state index contributed by atoms with van der Waals surface area (Å²) in [6.07, 6.45) is 2.26. The maximum absolute atomic E-state index is 14.5. The molecule has 0 aliphatic carbocycles. The van der Waals surface area contributed by atoms with E-state index >= 15 is 0 Å². The summed E-state index contributed by atoms with van der Waals surface area (Å²) >= 11 is 5.85. The number of hydrogen-bond donors (Lipinski definition) is 2. The van der Waals surface area contributed by atoms with Crippen molar-refractivity contribution in [2.24, 2.45) is 0 Å². The molecule has 1 aromatic heterocycles. The van der Waals surface area contributed by atoms with Crippen molar-refractivity contribution in [1.29, 1.82) is 0 Å². The number of nitrogens with zero attached hydrogens (tertiary/aromatic N) is 2. The quantitative estimate of drug-likeness (QED) is 0.582. The van der Waals surface area contributed by atoms with Crippen molar-refractivity contribution in [2.45, 2.75) is 12.5 Å². The van der Waals surface area contributed by atoms with Gasteiger partial charge in [0.15, 0.2) is 0 Å². The zero-order valence-corrected chi connectivity index (χ0v) is 18.4. The average molecular weight is 469 g/mol. The lowest BCUT2D eigenvalue weighted by atomic mass is 10.2. The number of hydrogen-bond acceptors (Lipinski definition) is 4. The molecular weight excluding hydrogens is 447 g/mol. The third-order valence-electron chi connectivity index (χ3n) is 5.41. The summed E-state index contributed by atoms with van der Waals surface area (Å²) in [5.41, 5.74) is 0.655. The molecule has 2 aromatic carbocycles. The number of anilines is 1. The highest BCUT2D eigenvalue weighted by Crippen LogP contribution is 2.18. The van der Waals surface area contributed by atoms with E-state index in [9.17, 15) is 18.8 Å². The second kappa shape index (κ2) is 9.97. The third-order valence-corrected chi connectivity index (χ3v) is 5.66. The first-order chi connectivity index (χ1) is 15.9. The van der Waals surface area contributed by atoms with Gasteiger partial charge < -0.3 is 10.6 Å². The Kier molecular flexibility index (Phi) is 6.86. The standard InChI is InChI=1S/C24H22ClFN4O3/c25-17-6-4-16(5-7-17)24(33)27-18-10-12-29(14-18)15-22(31)28-21-9-8-19(13-20(21)26)30-11-2-1-3-23(30)32/h1-9,11,13,18H,10,12,14-15H2,(H,27,33)(H,28,31)/t18-/m1/s1. The van der Waals surface area contributed by atoms with Gasteiger partial charge in [-0.3, -0.25) is 23.9 Å². The molecule has 170 valence electrons. The van der Waals surface area contributed by atoms with Gasteiger partial charge in [0.25, 0.3) is 11.5 Å². The first-order valence-electron chi connectivity index (χ1n) is 10.5. The van der Waals surface area contributed by atoms with Crippen molar-refractivity contribution in [3.05, 3.63) is 93.6 Å². The number of nitrogens with one attached hydrogen (secondary N) is 2. The number of halogens is 2. The Morgan fingerprint density at radius 2 is 1.88 bits per heavy atom. The molecule has 1 saturated heterocycles. The van der Waals surface area contributed by atoms with Crippen molar-refractivity contribution in [3.8, 4) is 5.69 Å². The second-order valence-corrected chi connectivity index (χ2v) is 8.26. The van der Waals surface area contributed by atoms with E-state index in [-0.39, 0.29) is 35.6 Å². The van der Waals surface area contributed by atoms with Crippen molar-refractivity contribution in [3.63, 3.8) is 0 Å². The highest BCUT2D eigenvalue weighted by atomic mass is 35.5. The molecule has 1 aliphatic heterocycles. The highest BCUT2D eigenvalue weighted by molar-refractivity contribution is 6.30. The summed E-state index contributed by atoms with van der Waals surface area (Å²) in [4.78, 5) is 38.6. The lowest BCUT2D eigenvalue weighted by molar-refractivity contribution is -0.117. The van der Waals surface area contributed by atoms with Crippen LogP contribution in [0.4, 0.5) is 10.1 Å². The van der Waals surface area contributed by atoms with Gasteiger partial charge in [-0.2, -0.15) is 0 Å². The van der Waals surface area contributed by atoms with E-state index in [1.165, 1.54) is 22.8 Å². The average Bonchev–Trinajstić information content (AvgIpc) is 3.22. The van der Waals surface area contributed by atoms with Crippen molar-refractivity contribution >= 4 is 29.1 Å². The zero-order chi connectivity index (χ0) is 23.4. The molecule has 1 fully saturated rings. The summed E-state index contributed by atoms with van der Waals surface area (Å²) in [7, 11) is 0. The molecule has 0 bridgehead atoms. The minimum Gasteiger partial charge on any atom is -0.348 e. The largest absolute Gasteiger partial charge is 0.348 e. The number of benzene rings is 2. The molecule has 1 aliphatic rings. The highest BCUT2D eigenvalue weighted by Gasteiger charge is 2.26. The number of pyridine rings is 1. The van der Waals surface area contributed by atoms with Crippen LogP contribution < -0.4 is 16.2 Å². The summed E-state index contributed by atoms with van der Waals surface area (Å²) in [6, 6.07) is 15.4. The Morgan fingerprint density at radius 1 is 1.09 bits per heavy atom. The predicted octanol–water partition coefficient (Wildman–Crippen LogP) is 3.07. The molecule has 1 atom stereocenters. The Morgan fingerprint density at radius 3 is 2.61 bits per heavy atom. The summed E-state index contributed by atoms with van der Waals surface area (Å²) in [5, 5.41) is 6.09. The number of rotatable bonds is 6. The minimum absolute atomic E-state index is 0.0412. The van der Waals surface area contributed by atoms with E-state index in [2.05, 4.69) is 10.6 Å². The van der Waals surface area contributed by atoms with Crippen molar-refractivity contribution < 1.29 is 14.0 Å². The van der Waals surface area contributed by atoms with E-state index in [4.69, 9.17) is 11.6 Å². The topological polar surface area (TPSA) is 83.4 Å². The molecule has 9 heteroatoms. The van der Waals surface area contributed by atoms with Gasteiger partial charge in [-0.05, 0) is 48.9 Å². The maximum Gasteiger partial charge on any atom is 0.255 e. The number of carbonyl (C=O) groups is 2. The lowest BCUT2D eigenvalue weighted by Crippen LogP contribution is -2.38. The van der Waals surface area contributed by atoms with Gasteiger partial charge in [-0.15, -0.1) is 0 Å². The van der Waals surface area contributed by atoms with Crippen LogP contribution in [0, 0.1) is 5.82 Å². The molecule has 2 amide bonds. The summed E-state index contributed by atoms with van der Waals surface area (Å²) in [6.45, 7) is 1.23. The Labute approximate surface area is 194 Å². The number of carbonyl (C=O) groups excluding carboxylic acids is 2. The van der Waals surface area contributed by atoms with Crippen LogP contribution >= 0.6 is 11.6 Å². The van der Waals surface area contributed by atoms with Gasteiger partial charge in [0.2, 0.25) is 5.91 Å². The van der Waals surface area contributed by atoms with Crippen molar-refractivity contribution in [2.75, 3.05) is 25.0 Å². The van der Waals surface area contributed by atoms with Gasteiger partial charge in [0, 0.05) is 48.0 Å². The molecule has 7 nitrogen and oxygen atoms in total. The first kappa shape index (κ1) is 22.7. The van der Waals surface area contributed by atoms with Crippen LogP contribution in [-0.2, 0) is 4.79 Å². The van der Waals surface area contributed by atoms with Crippen LogP contribution in [-0.4, -0.2) is 47.0 Å². The number of likely N-dealkylation sites (tertiary alicyclic amines) is 1. The molecule has 2 heterocycles. The smallest absolute Gasteiger partial charge is 0.255 e. The van der Waals surface area contributed by atoms with Crippen LogP contribution in [0.5, 0.6) is 0 Å². The predicted molar refractivity (Wildman–Crippen MR) is 124 cm³/mol. The van der Waals surface area contributed by atoms with Gasteiger partial charge in [-0.1, -0.05) is 17.7 Å². The fraction of sp³-hybridized carbons (Fsp3) is 0.208. The third kappa shape index (κ3) is 5.66. The molecule has 2 N–H and O–H groups in total. The van der Waals surface area contributed by atoms with Crippen LogP contribution in [0.1, 0.15) is 16.8 Å².